The minimum absolute atomic E-state index is 0.0256. The van der Waals surface area contributed by atoms with Crippen molar-refractivity contribution in [2.45, 2.75) is 65.1 Å². The van der Waals surface area contributed by atoms with Crippen LogP contribution < -0.4 is 16.4 Å². The summed E-state index contributed by atoms with van der Waals surface area (Å²) in [7, 11) is 0. The molecule has 1 aliphatic rings. The first kappa shape index (κ1) is 56.1. The maximum atomic E-state index is 15.3. The molecule has 4 rings (SSSR count). The van der Waals surface area contributed by atoms with E-state index in [1.807, 2.05) is 41.0 Å². The fourth-order valence-corrected chi connectivity index (χ4v) is 8.65. The maximum Gasteiger partial charge on any atom is 0.327 e. The topological polar surface area (TPSA) is 221 Å². The number of hydrogen-bond donors (Lipinski definition) is 4. The number of nitrogens with zero attached hydrogens (tertiary/aromatic N) is 3. The fourth-order valence-electron chi connectivity index (χ4n) is 7.73. The number of carboxylic acid groups (broad SMARTS) is 1. The van der Waals surface area contributed by atoms with E-state index in [1.54, 1.807) is 11.1 Å². The van der Waals surface area contributed by atoms with Gasteiger partial charge in [0.1, 0.15) is 24.2 Å². The zero-order chi connectivity index (χ0) is 50.2. The summed E-state index contributed by atoms with van der Waals surface area (Å²) in [5, 5.41) is 15.1. The molecule has 5 N–H and O–H groups in total. The van der Waals surface area contributed by atoms with Gasteiger partial charge in [0.05, 0.1) is 64.6 Å². The van der Waals surface area contributed by atoms with Crippen LogP contribution in [0.1, 0.15) is 63.8 Å². The van der Waals surface area contributed by atoms with Crippen LogP contribution in [0.25, 0.3) is 11.1 Å². The Labute approximate surface area is 406 Å². The van der Waals surface area contributed by atoms with E-state index in [4.69, 9.17) is 24.7 Å². The number of rotatable bonds is 34. The van der Waals surface area contributed by atoms with Crippen LogP contribution in [0.4, 0.5) is 8.78 Å². The van der Waals surface area contributed by atoms with Crippen LogP contribution >= 0.6 is 11.8 Å². The fraction of sp³-hybridized carbons (Fsp3) is 0.510. The number of halogens is 2. The van der Waals surface area contributed by atoms with E-state index in [0.29, 0.717) is 44.8 Å². The van der Waals surface area contributed by atoms with Gasteiger partial charge in [-0.15, -0.1) is 11.8 Å². The van der Waals surface area contributed by atoms with Crippen molar-refractivity contribution in [2.75, 3.05) is 90.5 Å². The molecule has 1 aromatic heterocycles. The van der Waals surface area contributed by atoms with Crippen LogP contribution in [-0.4, -0.2) is 152 Å². The summed E-state index contributed by atoms with van der Waals surface area (Å²) >= 11 is 1.09. The molecule has 2 aromatic carbocycles. The Bertz CT molecular complexity index is 2160. The van der Waals surface area contributed by atoms with E-state index in [2.05, 4.69) is 31.4 Å². The minimum atomic E-state index is -1.27. The number of carboxylic acids is 1. The zero-order valence-corrected chi connectivity index (χ0v) is 40.4. The minimum Gasteiger partial charge on any atom is -0.480 e. The molecule has 5 amide bonds. The number of hydrogen-bond acceptors (Lipinski definition) is 12. The molecule has 0 radical (unpaired) electrons. The molecule has 69 heavy (non-hydrogen) atoms. The van der Waals surface area contributed by atoms with Gasteiger partial charge in [-0.3, -0.25) is 28.9 Å². The SMILES string of the molecule is CCCC(C)(C)C(c1cc(-c2cc(F)ccc2F)cn1Cc1ccccc1)N(CCCN)C(=O)CSCC(NC(=O)CCOCCOCCOCCOCCNC(=O)CN1C(=O)C=CC1=O)C(=O)O. The average Bonchev–Trinajstić information content (AvgIpc) is 3.86. The molecule has 0 bridgehead atoms. The smallest absolute Gasteiger partial charge is 0.327 e. The number of carbonyl (C=O) groups excluding carboxylic acids is 5. The van der Waals surface area contributed by atoms with Crippen LogP contribution in [0.2, 0.25) is 0 Å². The first-order chi connectivity index (χ1) is 33.1. The monoisotopic (exact) mass is 984 g/mol. The van der Waals surface area contributed by atoms with Gasteiger partial charge in [0.15, 0.2) is 0 Å². The number of carbonyl (C=O) groups is 6. The van der Waals surface area contributed by atoms with Gasteiger partial charge in [0.25, 0.3) is 11.8 Å². The Balaban J connectivity index is 1.22. The van der Waals surface area contributed by atoms with Crippen LogP contribution in [0.15, 0.2) is 72.9 Å². The van der Waals surface area contributed by atoms with E-state index >= 15 is 4.39 Å². The third-order valence-corrected chi connectivity index (χ3v) is 12.0. The quantitative estimate of drug-likeness (QED) is 0.0485. The van der Waals surface area contributed by atoms with Crippen LogP contribution in [0, 0.1) is 17.0 Å². The van der Waals surface area contributed by atoms with Gasteiger partial charge < -0.3 is 49.9 Å². The number of aliphatic carboxylic acids is 1. The predicted octanol–water partition coefficient (Wildman–Crippen LogP) is 4.33. The highest BCUT2D eigenvalue weighted by Crippen LogP contribution is 2.44. The molecule has 2 heterocycles. The number of nitrogens with two attached hydrogens (primary N) is 1. The van der Waals surface area contributed by atoms with Gasteiger partial charge in [0, 0.05) is 67.0 Å². The molecule has 1 aliphatic heterocycles. The second-order valence-corrected chi connectivity index (χ2v) is 17.9. The molecule has 17 nitrogen and oxygen atoms in total. The lowest BCUT2D eigenvalue weighted by Crippen LogP contribution is -2.45. The second kappa shape index (κ2) is 29.5. The van der Waals surface area contributed by atoms with E-state index in [1.165, 1.54) is 0 Å². The molecule has 0 spiro atoms. The van der Waals surface area contributed by atoms with Gasteiger partial charge in [-0.1, -0.05) is 57.5 Å². The first-order valence-electron chi connectivity index (χ1n) is 23.0. The number of ether oxygens (including phenoxy) is 4. The molecule has 20 heteroatoms. The van der Waals surface area contributed by atoms with E-state index in [0.717, 1.165) is 71.1 Å². The first-order valence-corrected chi connectivity index (χ1v) is 24.2. The van der Waals surface area contributed by atoms with Gasteiger partial charge in [-0.2, -0.15) is 0 Å². The molecular weight excluding hydrogens is 919 g/mol. The highest BCUT2D eigenvalue weighted by atomic mass is 32.2. The summed E-state index contributed by atoms with van der Waals surface area (Å²) in [5.41, 5.74) is 7.74. The average molecular weight is 985 g/mol. The third-order valence-electron chi connectivity index (χ3n) is 11.0. The van der Waals surface area contributed by atoms with Gasteiger partial charge >= 0.3 is 5.97 Å². The lowest BCUT2D eigenvalue weighted by molar-refractivity contribution is -0.141. The van der Waals surface area contributed by atoms with Gasteiger partial charge in [-0.05, 0) is 54.6 Å². The number of aromatic nitrogens is 1. The van der Waals surface area contributed by atoms with Crippen molar-refractivity contribution < 1.29 is 61.6 Å². The van der Waals surface area contributed by atoms with E-state index < -0.39 is 58.7 Å². The molecule has 2 unspecified atom stereocenters. The highest BCUT2D eigenvalue weighted by molar-refractivity contribution is 8.00. The largest absolute Gasteiger partial charge is 0.480 e. The van der Waals surface area contributed by atoms with Crippen molar-refractivity contribution in [3.63, 3.8) is 0 Å². The maximum absolute atomic E-state index is 15.3. The normalized spacial score (nSPS) is 13.4. The van der Waals surface area contributed by atoms with Crippen LogP contribution in [0.3, 0.4) is 0 Å². The van der Waals surface area contributed by atoms with Crippen molar-refractivity contribution >= 4 is 47.3 Å². The Morgan fingerprint density at radius 2 is 1.51 bits per heavy atom. The summed E-state index contributed by atoms with van der Waals surface area (Å²) in [6, 6.07) is 13.0. The third kappa shape index (κ3) is 18.7. The standard InChI is InChI=1S/C49H66F2N6O11S/c1-4-16-49(2,3)47(41-28-36(38-29-37(50)11-12-39(38)51)31-55(41)30-35-9-6-5-7-10-35)56(19-8-17-52)46(62)34-69-33-40(48(63)64)54-42(58)15-20-65-22-24-67-26-27-68-25-23-66-21-18-53-43(59)32-57-44(60)13-14-45(57)61/h5-7,9-14,28-29,31,40,47H,4,8,15-27,30,32-34,52H2,1-3H3,(H,53,59)(H,54,58)(H,63,64). The molecule has 0 fully saturated rings. The summed E-state index contributed by atoms with van der Waals surface area (Å²) in [6.07, 6.45) is 5.92. The van der Waals surface area contributed by atoms with Crippen LogP contribution in [0.5, 0.6) is 0 Å². The summed E-state index contributed by atoms with van der Waals surface area (Å²) < 4.78 is 53.5. The van der Waals surface area contributed by atoms with Crippen molar-refractivity contribution in [3.8, 4) is 11.1 Å². The lowest BCUT2D eigenvalue weighted by Gasteiger charge is -2.43. The number of thioether (sulfide) groups is 1. The Morgan fingerprint density at radius 3 is 2.13 bits per heavy atom. The molecule has 2 atom stereocenters. The molecule has 0 saturated carbocycles. The van der Waals surface area contributed by atoms with E-state index in [-0.39, 0.29) is 82.1 Å². The van der Waals surface area contributed by atoms with Gasteiger partial charge in [0.2, 0.25) is 17.7 Å². The molecule has 0 saturated heterocycles. The zero-order valence-electron chi connectivity index (χ0n) is 39.6. The number of imide groups is 1. The summed E-state index contributed by atoms with van der Waals surface area (Å²) in [6.45, 7) is 8.87. The van der Waals surface area contributed by atoms with Crippen molar-refractivity contribution in [2.24, 2.45) is 11.1 Å². The Hall–Kier alpha value is -5.51. The molecular formula is C49H66F2N6O11S. The predicted molar refractivity (Wildman–Crippen MR) is 256 cm³/mol. The van der Waals surface area contributed by atoms with E-state index in [9.17, 15) is 38.3 Å². The van der Waals surface area contributed by atoms with Crippen molar-refractivity contribution in [1.29, 1.82) is 0 Å². The summed E-state index contributed by atoms with van der Waals surface area (Å²) in [4.78, 5) is 76.9. The van der Waals surface area contributed by atoms with Crippen LogP contribution in [-0.2, 0) is 54.3 Å². The Kier molecular flexibility index (Phi) is 24.0. The molecule has 0 aliphatic carbocycles. The number of benzene rings is 2. The Morgan fingerprint density at radius 1 is 0.870 bits per heavy atom. The molecule has 3 aromatic rings. The van der Waals surface area contributed by atoms with Gasteiger partial charge in [-0.25, -0.2) is 13.6 Å². The number of nitrogens with one attached hydrogen (secondary N) is 2. The number of amides is 5. The molecule has 378 valence electrons. The van der Waals surface area contributed by atoms with Crippen molar-refractivity contribution in [1.82, 2.24) is 25.0 Å². The lowest BCUT2D eigenvalue weighted by atomic mass is 9.77. The summed E-state index contributed by atoms with van der Waals surface area (Å²) in [5.74, 6) is -4.91. The highest BCUT2D eigenvalue weighted by Gasteiger charge is 2.39. The second-order valence-electron chi connectivity index (χ2n) is 16.9. The van der Waals surface area contributed by atoms with Crippen molar-refractivity contribution in [3.05, 3.63) is 95.8 Å².